The number of pyridine rings is 3. The minimum absolute atomic E-state index is 0. The zero-order chi connectivity index (χ0) is 34.5. The van der Waals surface area contributed by atoms with Crippen molar-refractivity contribution in [2.75, 3.05) is 0 Å². The van der Waals surface area contributed by atoms with Crippen LogP contribution in [-0.4, -0.2) is 15.0 Å². The minimum Gasteiger partial charge on any atom is -0.256 e. The van der Waals surface area contributed by atoms with Crippen molar-refractivity contribution in [2.45, 2.75) is 0 Å². The van der Waals surface area contributed by atoms with Gasteiger partial charge in [-0.15, -0.1) is 34.0 Å². The van der Waals surface area contributed by atoms with Gasteiger partial charge in [-0.05, 0) is 70.7 Å². The molecule has 0 aliphatic rings. The standard InChI is InChI=1S/3C15H11NS.Ir/c3*1-2-7-13(15-9-5-11-17-15)12(6-1)14-8-3-4-10-16-14;/h3*1-11H;. The van der Waals surface area contributed by atoms with E-state index in [4.69, 9.17) is 0 Å². The molecule has 9 rings (SSSR count). The van der Waals surface area contributed by atoms with E-state index in [1.807, 2.05) is 73.2 Å². The molecule has 3 aromatic carbocycles. The van der Waals surface area contributed by atoms with Crippen LogP contribution < -0.4 is 0 Å². The molecule has 0 amide bonds. The molecule has 0 aliphatic heterocycles. The molecule has 7 heteroatoms. The summed E-state index contributed by atoms with van der Waals surface area (Å²) in [7, 11) is 0. The molecule has 0 aliphatic carbocycles. The van der Waals surface area contributed by atoms with E-state index in [9.17, 15) is 0 Å². The molecule has 3 nitrogen and oxygen atoms in total. The molecule has 0 unspecified atom stereocenters. The van der Waals surface area contributed by atoms with Gasteiger partial charge in [0.05, 0.1) is 17.1 Å². The molecule has 0 saturated carbocycles. The number of benzene rings is 3. The predicted octanol–water partition coefficient (Wildman–Crippen LogP) is 13.4. The third-order valence-electron chi connectivity index (χ3n) is 7.96. The first-order chi connectivity index (χ1) is 25.3. The number of nitrogens with zero attached hydrogens (tertiary/aromatic N) is 3. The first kappa shape index (κ1) is 36.6. The van der Waals surface area contributed by atoms with E-state index in [0.717, 1.165) is 17.1 Å². The maximum Gasteiger partial charge on any atom is 0.0708 e. The van der Waals surface area contributed by atoms with Gasteiger partial charge in [-0.2, -0.15) is 0 Å². The number of rotatable bonds is 6. The Kier molecular flexibility index (Phi) is 13.3. The summed E-state index contributed by atoms with van der Waals surface area (Å²) in [4.78, 5) is 17.1. The van der Waals surface area contributed by atoms with Crippen LogP contribution >= 0.6 is 34.0 Å². The Labute approximate surface area is 330 Å². The van der Waals surface area contributed by atoms with E-state index in [2.05, 4.69) is 140 Å². The summed E-state index contributed by atoms with van der Waals surface area (Å²) in [6, 6.07) is 55.9. The van der Waals surface area contributed by atoms with Gasteiger partial charge in [-0.25, -0.2) is 0 Å². The third-order valence-corrected chi connectivity index (χ3v) is 10.7. The van der Waals surface area contributed by atoms with Crippen LogP contribution in [0.2, 0.25) is 0 Å². The number of thiophene rings is 3. The van der Waals surface area contributed by atoms with Gasteiger partial charge in [-0.1, -0.05) is 109 Å². The Balaban J connectivity index is 0.000000133. The van der Waals surface area contributed by atoms with E-state index in [-0.39, 0.29) is 20.1 Å². The van der Waals surface area contributed by atoms with Gasteiger partial charge in [0.15, 0.2) is 0 Å². The monoisotopic (exact) mass is 904 g/mol. The van der Waals surface area contributed by atoms with Crippen LogP contribution in [-0.2, 0) is 20.1 Å². The number of hydrogen-bond donors (Lipinski definition) is 0. The normalized spacial score (nSPS) is 10.2. The largest absolute Gasteiger partial charge is 0.256 e. The molecule has 0 bridgehead atoms. The zero-order valence-corrected chi connectivity index (χ0v) is 32.8. The molecule has 52 heavy (non-hydrogen) atoms. The van der Waals surface area contributed by atoms with Crippen molar-refractivity contribution in [2.24, 2.45) is 0 Å². The molecule has 0 spiro atoms. The van der Waals surface area contributed by atoms with E-state index in [0.29, 0.717) is 0 Å². The Bertz CT molecular complexity index is 2080. The molecule has 0 atom stereocenters. The van der Waals surface area contributed by atoms with Crippen molar-refractivity contribution in [1.82, 2.24) is 15.0 Å². The van der Waals surface area contributed by atoms with Crippen molar-refractivity contribution in [3.8, 4) is 65.1 Å². The molecule has 6 aromatic heterocycles. The number of hydrogen-bond acceptors (Lipinski definition) is 6. The summed E-state index contributed by atoms with van der Waals surface area (Å²) in [6.45, 7) is 0. The van der Waals surface area contributed by atoms with Crippen LogP contribution in [0.3, 0.4) is 0 Å². The second kappa shape index (κ2) is 18.9. The first-order valence-electron chi connectivity index (χ1n) is 16.5. The van der Waals surface area contributed by atoms with Crippen LogP contribution in [0, 0.1) is 0 Å². The Hall–Kier alpha value is -5.14. The van der Waals surface area contributed by atoms with Crippen LogP contribution in [0.15, 0.2) is 199 Å². The fourth-order valence-electron chi connectivity index (χ4n) is 5.63. The van der Waals surface area contributed by atoms with Gasteiger partial charge in [-0.3, -0.25) is 15.0 Å². The van der Waals surface area contributed by atoms with Crippen LogP contribution in [0.25, 0.3) is 65.1 Å². The quantitative estimate of drug-likeness (QED) is 0.167. The summed E-state index contributed by atoms with van der Waals surface area (Å²) >= 11 is 5.27. The molecule has 6 heterocycles. The second-order valence-corrected chi connectivity index (χ2v) is 14.1. The maximum atomic E-state index is 4.42. The van der Waals surface area contributed by atoms with E-state index >= 15 is 0 Å². The molecule has 0 saturated heterocycles. The molecule has 1 radical (unpaired) electrons. The van der Waals surface area contributed by atoms with Crippen molar-refractivity contribution in [3.05, 3.63) is 199 Å². The Morgan fingerprint density at radius 3 is 0.769 bits per heavy atom. The minimum atomic E-state index is 0. The van der Waals surface area contributed by atoms with Crippen LogP contribution in [0.5, 0.6) is 0 Å². The second-order valence-electron chi connectivity index (χ2n) is 11.2. The van der Waals surface area contributed by atoms with E-state index in [1.54, 1.807) is 34.0 Å². The summed E-state index contributed by atoms with van der Waals surface area (Å²) in [5, 5.41) is 6.31. The average Bonchev–Trinajstić information content (AvgIpc) is 4.05. The smallest absolute Gasteiger partial charge is 0.0708 e. The number of aromatic nitrogens is 3. The van der Waals surface area contributed by atoms with Crippen molar-refractivity contribution >= 4 is 34.0 Å². The Morgan fingerprint density at radius 1 is 0.269 bits per heavy atom. The summed E-state index contributed by atoms with van der Waals surface area (Å²) in [5.74, 6) is 0. The molecule has 0 N–H and O–H groups in total. The molecular weight excluding hydrogens is 871 g/mol. The zero-order valence-electron chi connectivity index (χ0n) is 28.0. The topological polar surface area (TPSA) is 38.7 Å². The summed E-state index contributed by atoms with van der Waals surface area (Å²) in [5.41, 5.74) is 10.4. The van der Waals surface area contributed by atoms with E-state index < -0.39 is 0 Å². The van der Waals surface area contributed by atoms with Gasteiger partial charge in [0.25, 0.3) is 0 Å². The first-order valence-corrected chi connectivity index (χ1v) is 19.1. The van der Waals surface area contributed by atoms with Gasteiger partial charge < -0.3 is 0 Å². The molecular formula is C45H33IrN3S3. The SMILES string of the molecule is [Ir].c1ccc(-c2ccccc2-c2cccs2)nc1.c1ccc(-c2ccccc2-c2cccs2)nc1.c1ccc(-c2ccccc2-c2cccs2)nc1. The van der Waals surface area contributed by atoms with Crippen molar-refractivity contribution in [3.63, 3.8) is 0 Å². The molecule has 255 valence electrons. The van der Waals surface area contributed by atoms with Crippen LogP contribution in [0.1, 0.15) is 0 Å². The van der Waals surface area contributed by atoms with Crippen LogP contribution in [0.4, 0.5) is 0 Å². The summed E-state index contributed by atoms with van der Waals surface area (Å²) < 4.78 is 0. The average molecular weight is 904 g/mol. The van der Waals surface area contributed by atoms with Crippen molar-refractivity contribution < 1.29 is 20.1 Å². The third kappa shape index (κ3) is 9.20. The van der Waals surface area contributed by atoms with Crippen molar-refractivity contribution in [1.29, 1.82) is 0 Å². The fraction of sp³-hybridized carbons (Fsp3) is 0. The van der Waals surface area contributed by atoms with Gasteiger partial charge in [0.2, 0.25) is 0 Å². The maximum absolute atomic E-state index is 4.42. The summed E-state index contributed by atoms with van der Waals surface area (Å²) in [6.07, 6.45) is 5.50. The Morgan fingerprint density at radius 2 is 0.538 bits per heavy atom. The van der Waals surface area contributed by atoms with Gasteiger partial charge >= 0.3 is 0 Å². The van der Waals surface area contributed by atoms with Gasteiger partial charge in [0, 0.05) is 86.7 Å². The fourth-order valence-corrected chi connectivity index (χ4v) is 7.92. The van der Waals surface area contributed by atoms with E-state index in [1.165, 1.54) is 48.0 Å². The molecule has 9 aromatic rings. The molecule has 0 fully saturated rings. The van der Waals surface area contributed by atoms with Gasteiger partial charge in [0.1, 0.15) is 0 Å². The predicted molar refractivity (Wildman–Crippen MR) is 219 cm³/mol.